The number of ether oxygens (including phenoxy) is 1. The molecule has 1 aromatic heterocycles. The number of fused-ring (bicyclic) bond motifs is 4. The number of rotatable bonds is 8. The molecule has 2 heterocycles. The summed E-state index contributed by atoms with van der Waals surface area (Å²) in [5.74, 6) is -3.98. The summed E-state index contributed by atoms with van der Waals surface area (Å²) in [5, 5.41) is 47.0. The zero-order chi connectivity index (χ0) is 31.6. The van der Waals surface area contributed by atoms with Gasteiger partial charge in [-0.2, -0.15) is 0 Å². The van der Waals surface area contributed by atoms with E-state index in [9.17, 15) is 19.5 Å². The second kappa shape index (κ2) is 12.5. The highest BCUT2D eigenvalue weighted by atomic mass is 16.5. The molecule has 3 aromatic rings. The van der Waals surface area contributed by atoms with Gasteiger partial charge in [-0.05, 0) is 63.9 Å². The molecule has 0 bridgehead atoms. The maximum atomic E-state index is 12.0. The van der Waals surface area contributed by atoms with E-state index >= 15 is 0 Å². The van der Waals surface area contributed by atoms with Crippen LogP contribution in [0.1, 0.15) is 54.6 Å². The van der Waals surface area contributed by atoms with Gasteiger partial charge >= 0.3 is 17.9 Å². The van der Waals surface area contributed by atoms with Crippen molar-refractivity contribution in [2.24, 2.45) is 5.92 Å². The van der Waals surface area contributed by atoms with E-state index in [1.807, 2.05) is 24.3 Å². The Morgan fingerprint density at radius 2 is 1.60 bits per heavy atom. The predicted molar refractivity (Wildman–Crippen MR) is 156 cm³/mol. The molecule has 5 N–H and O–H groups in total. The number of aryl methyl sites for hydroxylation is 1. The van der Waals surface area contributed by atoms with Crippen molar-refractivity contribution in [1.82, 2.24) is 4.90 Å². The van der Waals surface area contributed by atoms with Crippen LogP contribution in [-0.4, -0.2) is 81.2 Å². The molecule has 43 heavy (non-hydrogen) atoms. The van der Waals surface area contributed by atoms with Gasteiger partial charge in [-0.15, -0.1) is 0 Å². The van der Waals surface area contributed by atoms with E-state index in [1.54, 1.807) is 0 Å². The molecule has 2 aromatic carbocycles. The Balaban J connectivity index is 0.000000277. The number of furan rings is 1. The molecule has 11 heteroatoms. The van der Waals surface area contributed by atoms with Crippen molar-refractivity contribution >= 4 is 28.9 Å². The average molecular weight is 598 g/mol. The summed E-state index contributed by atoms with van der Waals surface area (Å²) in [7, 11) is 4.15. The van der Waals surface area contributed by atoms with Crippen LogP contribution in [-0.2, 0) is 36.7 Å². The van der Waals surface area contributed by atoms with Gasteiger partial charge in [-0.1, -0.05) is 42.5 Å². The van der Waals surface area contributed by atoms with E-state index < -0.39 is 47.6 Å². The SMILES string of the molecule is Cc1ccccc1C1(O)CCC2(CC1CN(C)C)OCCc1c2oc2ccccc12.O=C(O)CC(O)(CC(=O)O)C(=O)O. The topological polar surface area (TPSA) is 178 Å². The van der Waals surface area contributed by atoms with Crippen LogP contribution < -0.4 is 0 Å². The second-order valence-electron chi connectivity index (χ2n) is 11.9. The van der Waals surface area contributed by atoms with E-state index in [1.165, 1.54) is 10.9 Å². The summed E-state index contributed by atoms with van der Waals surface area (Å²) in [6, 6.07) is 16.6. The van der Waals surface area contributed by atoms with Crippen molar-refractivity contribution in [2.75, 3.05) is 27.2 Å². The van der Waals surface area contributed by atoms with Crippen LogP contribution in [0.3, 0.4) is 0 Å². The third-order valence-electron chi connectivity index (χ3n) is 8.49. The van der Waals surface area contributed by atoms with Gasteiger partial charge in [0, 0.05) is 23.4 Å². The van der Waals surface area contributed by atoms with Crippen molar-refractivity contribution in [2.45, 2.75) is 62.3 Å². The van der Waals surface area contributed by atoms with Gasteiger partial charge in [-0.25, -0.2) is 4.79 Å². The summed E-state index contributed by atoms with van der Waals surface area (Å²) in [6.45, 7) is 3.60. The second-order valence-corrected chi connectivity index (χ2v) is 11.9. The van der Waals surface area contributed by atoms with Gasteiger partial charge in [0.05, 0.1) is 25.0 Å². The lowest BCUT2D eigenvalue weighted by Crippen LogP contribution is -2.52. The number of para-hydroxylation sites is 1. The van der Waals surface area contributed by atoms with Crippen molar-refractivity contribution in [3.63, 3.8) is 0 Å². The zero-order valence-corrected chi connectivity index (χ0v) is 24.6. The molecule has 11 nitrogen and oxygen atoms in total. The lowest BCUT2D eigenvalue weighted by atomic mass is 9.63. The van der Waals surface area contributed by atoms with Crippen LogP contribution in [0, 0.1) is 12.8 Å². The summed E-state index contributed by atoms with van der Waals surface area (Å²) < 4.78 is 12.9. The van der Waals surface area contributed by atoms with Crippen LogP contribution in [0.25, 0.3) is 11.0 Å². The molecule has 2 aliphatic rings. The smallest absolute Gasteiger partial charge is 0.336 e. The van der Waals surface area contributed by atoms with Gasteiger partial charge in [-0.3, -0.25) is 9.59 Å². The highest BCUT2D eigenvalue weighted by molar-refractivity contribution is 5.88. The fourth-order valence-corrected chi connectivity index (χ4v) is 6.52. The monoisotopic (exact) mass is 597 g/mol. The third-order valence-corrected chi connectivity index (χ3v) is 8.49. The van der Waals surface area contributed by atoms with Crippen LogP contribution in [0.15, 0.2) is 52.9 Å². The van der Waals surface area contributed by atoms with E-state index in [-0.39, 0.29) is 5.92 Å². The Morgan fingerprint density at radius 3 is 2.21 bits per heavy atom. The lowest BCUT2D eigenvalue weighted by molar-refractivity contribution is -0.172. The number of hydrogen-bond acceptors (Lipinski definition) is 8. The van der Waals surface area contributed by atoms with Crippen LogP contribution >= 0.6 is 0 Å². The number of nitrogens with zero attached hydrogens (tertiary/aromatic N) is 1. The summed E-state index contributed by atoms with van der Waals surface area (Å²) in [6.07, 6.45) is 0.766. The Kier molecular flexibility index (Phi) is 9.31. The van der Waals surface area contributed by atoms with Crippen molar-refractivity contribution < 1.29 is 49.1 Å². The number of carbonyl (C=O) groups is 3. The standard InChI is InChI=1S/C26H31NO3.C6H8O7/c1-18-8-4-6-10-22(18)26(28)14-13-25(16-19(26)17-27(2)3)24-21(12-15-29-25)20-9-5-7-11-23(20)30-24;7-3(8)1-6(13,5(11)12)2-4(9)10/h4-11,19,28H,12-17H2,1-3H3;13H,1-2H2,(H,7,8)(H,9,10)(H,11,12). The number of aliphatic hydroxyl groups is 2. The molecule has 1 aliphatic carbocycles. The highest BCUT2D eigenvalue weighted by Gasteiger charge is 2.54. The first-order valence-corrected chi connectivity index (χ1v) is 14.2. The average Bonchev–Trinajstić information content (AvgIpc) is 3.31. The fraction of sp³-hybridized carbons (Fsp3) is 0.469. The Hall–Kier alpha value is -3.77. The molecular weight excluding hydrogens is 558 g/mol. The van der Waals surface area contributed by atoms with Crippen LogP contribution in [0.2, 0.25) is 0 Å². The number of carboxylic acid groups (broad SMARTS) is 3. The van der Waals surface area contributed by atoms with Crippen molar-refractivity contribution in [1.29, 1.82) is 0 Å². The van der Waals surface area contributed by atoms with E-state index in [0.29, 0.717) is 13.0 Å². The summed E-state index contributed by atoms with van der Waals surface area (Å²) >= 11 is 0. The molecule has 1 spiro atoms. The fourth-order valence-electron chi connectivity index (χ4n) is 6.52. The summed E-state index contributed by atoms with van der Waals surface area (Å²) in [4.78, 5) is 32.7. The number of aliphatic carboxylic acids is 3. The Labute approximate surface area is 249 Å². The highest BCUT2D eigenvalue weighted by Crippen LogP contribution is 2.54. The van der Waals surface area contributed by atoms with Gasteiger partial charge in [0.25, 0.3) is 0 Å². The molecule has 0 radical (unpaired) electrons. The quantitative estimate of drug-likeness (QED) is 0.257. The zero-order valence-electron chi connectivity index (χ0n) is 24.6. The number of hydrogen-bond donors (Lipinski definition) is 5. The van der Waals surface area contributed by atoms with E-state index in [0.717, 1.165) is 48.3 Å². The maximum Gasteiger partial charge on any atom is 0.336 e. The first-order valence-electron chi connectivity index (χ1n) is 14.2. The largest absolute Gasteiger partial charge is 0.481 e. The summed E-state index contributed by atoms with van der Waals surface area (Å²) in [5.41, 5.74) is 0.368. The van der Waals surface area contributed by atoms with E-state index in [2.05, 4.69) is 50.2 Å². The maximum absolute atomic E-state index is 12.0. The molecule has 232 valence electrons. The molecule has 1 aliphatic heterocycles. The molecule has 0 saturated heterocycles. The Morgan fingerprint density at radius 1 is 0.977 bits per heavy atom. The molecule has 5 rings (SSSR count). The minimum atomic E-state index is -2.74. The molecule has 1 fully saturated rings. The Bertz CT molecular complexity index is 1480. The molecule has 3 unspecified atom stereocenters. The van der Waals surface area contributed by atoms with Crippen LogP contribution in [0.4, 0.5) is 0 Å². The molecular formula is C32H39NO10. The minimum Gasteiger partial charge on any atom is -0.481 e. The first-order chi connectivity index (χ1) is 20.2. The normalized spacial score (nSPS) is 23.4. The number of benzene rings is 2. The minimum absolute atomic E-state index is 0.0431. The predicted octanol–water partition coefficient (Wildman–Crippen LogP) is 3.51. The number of carboxylic acids is 3. The van der Waals surface area contributed by atoms with Crippen molar-refractivity contribution in [3.8, 4) is 0 Å². The molecule has 1 saturated carbocycles. The van der Waals surface area contributed by atoms with Crippen LogP contribution in [0.5, 0.6) is 0 Å². The van der Waals surface area contributed by atoms with Gasteiger partial charge in [0.1, 0.15) is 16.9 Å². The van der Waals surface area contributed by atoms with Gasteiger partial charge < -0.3 is 39.6 Å². The first kappa shape index (κ1) is 32.2. The molecule has 0 amide bonds. The van der Waals surface area contributed by atoms with Crippen molar-refractivity contribution in [3.05, 3.63) is 71.0 Å². The van der Waals surface area contributed by atoms with Gasteiger partial charge in [0.2, 0.25) is 0 Å². The molecule has 3 atom stereocenters. The lowest BCUT2D eigenvalue weighted by Gasteiger charge is -2.50. The van der Waals surface area contributed by atoms with Gasteiger partial charge in [0.15, 0.2) is 5.60 Å². The third kappa shape index (κ3) is 6.59. The van der Waals surface area contributed by atoms with E-state index in [4.69, 9.17) is 29.6 Å².